The standard InChI is InChI=1S/C28H23FN2O3/c29-20-12-10-17(11-13-20)23(31-27(33)25-18-8-9-19(14-18)26(25)28(31)34)15-24(32)30-22-7-3-5-16-4-1-2-6-21(16)22/h1-13,18-19,23,25-26H,14-15H2,(H,30,32). The van der Waals surface area contributed by atoms with E-state index in [1.54, 1.807) is 12.1 Å². The average molecular weight is 455 g/mol. The molecule has 2 bridgehead atoms. The van der Waals surface area contributed by atoms with Gasteiger partial charge < -0.3 is 5.32 Å². The topological polar surface area (TPSA) is 66.5 Å². The highest BCUT2D eigenvalue weighted by Gasteiger charge is 2.60. The molecule has 6 rings (SSSR count). The largest absolute Gasteiger partial charge is 0.325 e. The lowest BCUT2D eigenvalue weighted by Crippen LogP contribution is -2.38. The summed E-state index contributed by atoms with van der Waals surface area (Å²) in [6, 6.07) is 18.3. The van der Waals surface area contributed by atoms with Crippen molar-refractivity contribution in [3.05, 3.63) is 90.3 Å². The fourth-order valence-electron chi connectivity index (χ4n) is 5.99. The van der Waals surface area contributed by atoms with Crippen LogP contribution >= 0.6 is 0 Å². The van der Waals surface area contributed by atoms with Gasteiger partial charge in [0.15, 0.2) is 0 Å². The molecule has 2 fully saturated rings. The Bertz CT molecular complexity index is 1310. The molecule has 1 saturated heterocycles. The molecule has 170 valence electrons. The van der Waals surface area contributed by atoms with Crippen LogP contribution in [0.25, 0.3) is 10.8 Å². The molecule has 3 aromatic carbocycles. The third-order valence-electron chi connectivity index (χ3n) is 7.51. The Balaban J connectivity index is 1.31. The van der Waals surface area contributed by atoms with E-state index >= 15 is 0 Å². The second kappa shape index (κ2) is 7.90. The number of imide groups is 1. The molecule has 2 aliphatic carbocycles. The second-order valence-corrected chi connectivity index (χ2v) is 9.39. The van der Waals surface area contributed by atoms with Crippen molar-refractivity contribution < 1.29 is 18.8 Å². The first-order valence-corrected chi connectivity index (χ1v) is 11.6. The minimum atomic E-state index is -0.791. The average Bonchev–Trinajstić information content (AvgIpc) is 3.52. The van der Waals surface area contributed by atoms with Gasteiger partial charge in [-0.05, 0) is 47.4 Å². The van der Waals surface area contributed by atoms with Gasteiger partial charge in [-0.3, -0.25) is 19.3 Å². The van der Waals surface area contributed by atoms with Crippen LogP contribution in [-0.2, 0) is 14.4 Å². The van der Waals surface area contributed by atoms with Crippen molar-refractivity contribution in [2.75, 3.05) is 5.32 Å². The van der Waals surface area contributed by atoms with Crippen molar-refractivity contribution in [1.82, 2.24) is 4.90 Å². The van der Waals surface area contributed by atoms with E-state index in [0.29, 0.717) is 11.3 Å². The fraction of sp³-hybridized carbons (Fsp3) is 0.250. The van der Waals surface area contributed by atoms with Gasteiger partial charge in [-0.2, -0.15) is 0 Å². The van der Waals surface area contributed by atoms with Crippen molar-refractivity contribution >= 4 is 34.2 Å². The number of hydrogen-bond donors (Lipinski definition) is 1. The van der Waals surface area contributed by atoms with Gasteiger partial charge in [-0.15, -0.1) is 0 Å². The van der Waals surface area contributed by atoms with Crippen molar-refractivity contribution in [3.8, 4) is 0 Å². The lowest BCUT2D eigenvalue weighted by molar-refractivity contribution is -0.144. The number of benzene rings is 3. The molecule has 6 heteroatoms. The molecule has 1 N–H and O–H groups in total. The lowest BCUT2D eigenvalue weighted by atomic mass is 9.85. The van der Waals surface area contributed by atoms with Gasteiger partial charge in [-0.25, -0.2) is 4.39 Å². The van der Waals surface area contributed by atoms with Crippen LogP contribution in [0.15, 0.2) is 78.9 Å². The maximum atomic E-state index is 13.6. The van der Waals surface area contributed by atoms with Crippen molar-refractivity contribution in [1.29, 1.82) is 0 Å². The van der Waals surface area contributed by atoms with Crippen LogP contribution in [0, 0.1) is 29.5 Å². The molecule has 0 spiro atoms. The maximum Gasteiger partial charge on any atom is 0.234 e. The van der Waals surface area contributed by atoms with E-state index in [0.717, 1.165) is 17.2 Å². The number of carbonyl (C=O) groups is 3. The number of fused-ring (bicyclic) bond motifs is 6. The zero-order chi connectivity index (χ0) is 23.4. The number of nitrogens with one attached hydrogen (secondary N) is 1. The molecule has 1 aliphatic heterocycles. The van der Waals surface area contributed by atoms with Crippen LogP contribution in [0.5, 0.6) is 0 Å². The summed E-state index contributed by atoms with van der Waals surface area (Å²) in [5.41, 5.74) is 1.23. The maximum absolute atomic E-state index is 13.6. The number of likely N-dealkylation sites (tertiary alicyclic amines) is 1. The molecule has 3 amide bonds. The van der Waals surface area contributed by atoms with Crippen molar-refractivity contribution in [2.24, 2.45) is 23.7 Å². The van der Waals surface area contributed by atoms with Crippen LogP contribution in [0.3, 0.4) is 0 Å². The first kappa shape index (κ1) is 20.8. The Morgan fingerprint density at radius 3 is 2.26 bits per heavy atom. The normalized spacial score (nSPS) is 25.7. The van der Waals surface area contributed by atoms with Gasteiger partial charge in [-0.1, -0.05) is 60.7 Å². The molecular formula is C28H23FN2O3. The van der Waals surface area contributed by atoms with Gasteiger partial charge >= 0.3 is 0 Å². The van der Waals surface area contributed by atoms with Crippen LogP contribution < -0.4 is 5.32 Å². The quantitative estimate of drug-likeness (QED) is 0.443. The van der Waals surface area contributed by atoms with E-state index in [1.807, 2.05) is 54.6 Å². The molecule has 34 heavy (non-hydrogen) atoms. The Hall–Kier alpha value is -3.80. The molecule has 5 unspecified atom stereocenters. The first-order chi connectivity index (χ1) is 16.5. The summed E-state index contributed by atoms with van der Waals surface area (Å²) in [6.07, 6.45) is 4.82. The molecule has 0 aromatic heterocycles. The van der Waals surface area contributed by atoms with Gasteiger partial charge in [0.2, 0.25) is 17.7 Å². The van der Waals surface area contributed by atoms with Gasteiger partial charge in [0.05, 0.1) is 24.3 Å². The Labute approximate surface area is 196 Å². The van der Waals surface area contributed by atoms with E-state index in [2.05, 4.69) is 5.32 Å². The summed E-state index contributed by atoms with van der Waals surface area (Å²) in [4.78, 5) is 41.4. The Kier molecular flexibility index (Phi) is 4.83. The molecule has 1 saturated carbocycles. The number of halogens is 1. The van der Waals surface area contributed by atoms with Crippen molar-refractivity contribution in [2.45, 2.75) is 18.9 Å². The van der Waals surface area contributed by atoms with Crippen LogP contribution in [0.1, 0.15) is 24.4 Å². The zero-order valence-electron chi connectivity index (χ0n) is 18.4. The van der Waals surface area contributed by atoms with Crippen LogP contribution in [-0.4, -0.2) is 22.6 Å². The number of allylic oxidation sites excluding steroid dienone is 2. The smallest absolute Gasteiger partial charge is 0.234 e. The number of amides is 3. The minimum absolute atomic E-state index is 0.0785. The van der Waals surface area contributed by atoms with Crippen LogP contribution in [0.4, 0.5) is 10.1 Å². The molecule has 5 atom stereocenters. The monoisotopic (exact) mass is 454 g/mol. The number of carbonyl (C=O) groups excluding carboxylic acids is 3. The van der Waals surface area contributed by atoms with Crippen molar-refractivity contribution in [3.63, 3.8) is 0 Å². The third kappa shape index (κ3) is 3.24. The van der Waals surface area contributed by atoms with E-state index < -0.39 is 11.9 Å². The highest BCUT2D eigenvalue weighted by atomic mass is 19.1. The molecule has 3 aliphatic rings. The lowest BCUT2D eigenvalue weighted by Gasteiger charge is -2.28. The summed E-state index contributed by atoms with van der Waals surface area (Å²) in [7, 11) is 0. The Morgan fingerprint density at radius 1 is 0.912 bits per heavy atom. The summed E-state index contributed by atoms with van der Waals surface area (Å²) in [5, 5.41) is 4.86. The summed E-state index contributed by atoms with van der Waals surface area (Å²) >= 11 is 0. The summed E-state index contributed by atoms with van der Waals surface area (Å²) in [6.45, 7) is 0. The summed E-state index contributed by atoms with van der Waals surface area (Å²) < 4.78 is 13.6. The van der Waals surface area contributed by atoms with E-state index in [-0.39, 0.29) is 47.8 Å². The van der Waals surface area contributed by atoms with Gasteiger partial charge in [0.25, 0.3) is 0 Å². The zero-order valence-corrected chi connectivity index (χ0v) is 18.4. The van der Waals surface area contributed by atoms with Gasteiger partial charge in [0.1, 0.15) is 5.82 Å². The predicted octanol–water partition coefficient (Wildman–Crippen LogP) is 4.86. The number of nitrogens with zero attached hydrogens (tertiary/aromatic N) is 1. The molecule has 3 aromatic rings. The number of rotatable bonds is 5. The van der Waals surface area contributed by atoms with Crippen LogP contribution in [0.2, 0.25) is 0 Å². The highest BCUT2D eigenvalue weighted by Crippen LogP contribution is 2.54. The Morgan fingerprint density at radius 2 is 1.56 bits per heavy atom. The second-order valence-electron chi connectivity index (χ2n) is 9.39. The summed E-state index contributed by atoms with van der Waals surface area (Å²) in [5.74, 6) is -1.73. The predicted molar refractivity (Wildman–Crippen MR) is 126 cm³/mol. The molecule has 5 nitrogen and oxygen atoms in total. The van der Waals surface area contributed by atoms with E-state index in [4.69, 9.17) is 0 Å². The SMILES string of the molecule is O=C(CC(c1ccc(F)cc1)N1C(=O)C2C3C=CC(C3)C2C1=O)Nc1cccc2ccccc12. The van der Waals surface area contributed by atoms with Gasteiger partial charge in [0, 0.05) is 11.1 Å². The molecule has 1 heterocycles. The van der Waals surface area contributed by atoms with E-state index in [9.17, 15) is 18.8 Å². The minimum Gasteiger partial charge on any atom is -0.325 e. The van der Waals surface area contributed by atoms with E-state index in [1.165, 1.54) is 17.0 Å². The third-order valence-corrected chi connectivity index (χ3v) is 7.51. The highest BCUT2D eigenvalue weighted by molar-refractivity contribution is 6.08. The molecular weight excluding hydrogens is 431 g/mol. The first-order valence-electron chi connectivity index (χ1n) is 11.6. The molecule has 0 radical (unpaired) electrons. The number of hydrogen-bond acceptors (Lipinski definition) is 3. The fourth-order valence-corrected chi connectivity index (χ4v) is 5.99. The number of anilines is 1.